The predicted molar refractivity (Wildman–Crippen MR) is 77.1 cm³/mol. The molecule has 1 aromatic carbocycles. The second-order valence-corrected chi connectivity index (χ2v) is 6.00. The van der Waals surface area contributed by atoms with E-state index in [1.807, 2.05) is 0 Å². The first-order chi connectivity index (χ1) is 10.5. The van der Waals surface area contributed by atoms with E-state index in [-0.39, 0.29) is 30.0 Å². The minimum Gasteiger partial charge on any atom is -0.339 e. The quantitative estimate of drug-likeness (QED) is 0.933. The highest BCUT2D eigenvalue weighted by molar-refractivity contribution is 5.97. The van der Waals surface area contributed by atoms with Gasteiger partial charge in [0.15, 0.2) is 0 Å². The SMILES string of the molecule is O=C(Nc1ccc(F)cc1F)[C@@H]1CC(=O)N(C2CCCC2)C1. The number of anilines is 1. The van der Waals surface area contributed by atoms with Crippen LogP contribution in [-0.4, -0.2) is 29.3 Å². The topological polar surface area (TPSA) is 49.4 Å². The predicted octanol–water partition coefficient (Wildman–Crippen LogP) is 2.69. The maximum atomic E-state index is 13.6. The normalized spacial score (nSPS) is 22.4. The Morgan fingerprint density at radius 2 is 1.95 bits per heavy atom. The number of carbonyl (C=O) groups is 2. The highest BCUT2D eigenvalue weighted by atomic mass is 19.1. The Balaban J connectivity index is 1.64. The molecule has 2 fully saturated rings. The van der Waals surface area contributed by atoms with Gasteiger partial charge in [0.05, 0.1) is 11.6 Å². The van der Waals surface area contributed by atoms with Crippen LogP contribution in [0.15, 0.2) is 18.2 Å². The van der Waals surface area contributed by atoms with Gasteiger partial charge in [0.25, 0.3) is 0 Å². The monoisotopic (exact) mass is 308 g/mol. The second kappa shape index (κ2) is 6.02. The van der Waals surface area contributed by atoms with Crippen molar-refractivity contribution in [1.29, 1.82) is 0 Å². The van der Waals surface area contributed by atoms with E-state index in [2.05, 4.69) is 5.32 Å². The summed E-state index contributed by atoms with van der Waals surface area (Å²) in [7, 11) is 0. The fourth-order valence-corrected chi connectivity index (χ4v) is 3.30. The highest BCUT2D eigenvalue weighted by Crippen LogP contribution is 2.30. The molecule has 1 heterocycles. The summed E-state index contributed by atoms with van der Waals surface area (Å²) in [5.41, 5.74) is -0.0573. The minimum atomic E-state index is -0.815. The molecule has 2 aliphatic rings. The van der Waals surface area contributed by atoms with Crippen molar-refractivity contribution in [3.05, 3.63) is 29.8 Å². The summed E-state index contributed by atoms with van der Waals surface area (Å²) < 4.78 is 26.4. The fourth-order valence-electron chi connectivity index (χ4n) is 3.30. The number of hydrogen-bond donors (Lipinski definition) is 1. The molecule has 3 rings (SSSR count). The molecule has 4 nitrogen and oxygen atoms in total. The molecule has 2 amide bonds. The molecule has 1 N–H and O–H groups in total. The van der Waals surface area contributed by atoms with Gasteiger partial charge in [0.2, 0.25) is 11.8 Å². The first kappa shape index (κ1) is 14.9. The molecule has 1 aromatic rings. The van der Waals surface area contributed by atoms with E-state index in [1.165, 1.54) is 6.07 Å². The van der Waals surface area contributed by atoms with Crippen LogP contribution >= 0.6 is 0 Å². The number of halogens is 2. The number of nitrogens with zero attached hydrogens (tertiary/aromatic N) is 1. The summed E-state index contributed by atoms with van der Waals surface area (Å²) in [6.45, 7) is 0.387. The molecule has 22 heavy (non-hydrogen) atoms. The second-order valence-electron chi connectivity index (χ2n) is 6.00. The van der Waals surface area contributed by atoms with Crippen LogP contribution < -0.4 is 5.32 Å². The van der Waals surface area contributed by atoms with Crippen molar-refractivity contribution < 1.29 is 18.4 Å². The van der Waals surface area contributed by atoms with Crippen LogP contribution in [0.4, 0.5) is 14.5 Å². The number of amides is 2. The van der Waals surface area contributed by atoms with Gasteiger partial charge in [-0.2, -0.15) is 0 Å². The molecule has 1 saturated heterocycles. The summed E-state index contributed by atoms with van der Waals surface area (Å²) in [5, 5.41) is 2.45. The fraction of sp³-hybridized carbons (Fsp3) is 0.500. The Labute approximate surface area is 127 Å². The van der Waals surface area contributed by atoms with Crippen molar-refractivity contribution in [2.24, 2.45) is 5.92 Å². The van der Waals surface area contributed by atoms with E-state index in [0.717, 1.165) is 37.8 Å². The van der Waals surface area contributed by atoms with Gasteiger partial charge in [-0.15, -0.1) is 0 Å². The zero-order valence-corrected chi connectivity index (χ0v) is 12.1. The van der Waals surface area contributed by atoms with Crippen molar-refractivity contribution in [1.82, 2.24) is 4.90 Å². The van der Waals surface area contributed by atoms with Crippen LogP contribution in [0.3, 0.4) is 0 Å². The molecule has 1 aliphatic heterocycles. The lowest BCUT2D eigenvalue weighted by molar-refractivity contribution is -0.129. The van der Waals surface area contributed by atoms with E-state index in [4.69, 9.17) is 0 Å². The van der Waals surface area contributed by atoms with E-state index >= 15 is 0 Å². The van der Waals surface area contributed by atoms with Crippen LogP contribution in [-0.2, 0) is 9.59 Å². The average molecular weight is 308 g/mol. The van der Waals surface area contributed by atoms with E-state index < -0.39 is 17.6 Å². The first-order valence-corrected chi connectivity index (χ1v) is 7.60. The molecule has 0 spiro atoms. The van der Waals surface area contributed by atoms with Crippen LogP contribution in [0, 0.1) is 17.6 Å². The van der Waals surface area contributed by atoms with Crippen molar-refractivity contribution in [2.75, 3.05) is 11.9 Å². The lowest BCUT2D eigenvalue weighted by Gasteiger charge is -2.23. The summed E-state index contributed by atoms with van der Waals surface area (Å²) in [6, 6.07) is 3.24. The minimum absolute atomic E-state index is 0.00775. The summed E-state index contributed by atoms with van der Waals surface area (Å²) in [4.78, 5) is 26.1. The van der Waals surface area contributed by atoms with Gasteiger partial charge in [0, 0.05) is 25.1 Å². The van der Waals surface area contributed by atoms with E-state index in [0.29, 0.717) is 6.54 Å². The number of likely N-dealkylation sites (tertiary alicyclic amines) is 1. The molecule has 0 unspecified atom stereocenters. The number of nitrogens with one attached hydrogen (secondary N) is 1. The third-order valence-electron chi connectivity index (χ3n) is 4.48. The molecule has 6 heteroatoms. The number of benzene rings is 1. The number of hydrogen-bond acceptors (Lipinski definition) is 2. The molecule has 1 saturated carbocycles. The van der Waals surface area contributed by atoms with Gasteiger partial charge in [-0.05, 0) is 25.0 Å². The van der Waals surface area contributed by atoms with Gasteiger partial charge in [-0.3, -0.25) is 9.59 Å². The molecule has 1 aliphatic carbocycles. The van der Waals surface area contributed by atoms with Gasteiger partial charge >= 0.3 is 0 Å². The summed E-state index contributed by atoms with van der Waals surface area (Å²) in [6.07, 6.45) is 4.38. The lowest BCUT2D eigenvalue weighted by atomic mass is 10.1. The Hall–Kier alpha value is -1.98. The standard InChI is InChI=1S/C16H18F2N2O2/c17-11-5-6-14(13(18)8-11)19-16(22)10-7-15(21)20(9-10)12-3-1-2-4-12/h5-6,8,10,12H,1-4,7,9H2,(H,19,22)/t10-/m1/s1. The smallest absolute Gasteiger partial charge is 0.229 e. The molecule has 1 atom stereocenters. The van der Waals surface area contributed by atoms with Crippen LogP contribution in [0.1, 0.15) is 32.1 Å². The number of carbonyl (C=O) groups excluding carboxylic acids is 2. The third kappa shape index (κ3) is 2.96. The van der Waals surface area contributed by atoms with Crippen molar-refractivity contribution >= 4 is 17.5 Å². The Morgan fingerprint density at radius 1 is 1.23 bits per heavy atom. The lowest BCUT2D eigenvalue weighted by Crippen LogP contribution is -2.35. The van der Waals surface area contributed by atoms with E-state index in [9.17, 15) is 18.4 Å². The largest absolute Gasteiger partial charge is 0.339 e. The Kier molecular flexibility index (Phi) is 4.09. The molecular formula is C16H18F2N2O2. The zero-order valence-electron chi connectivity index (χ0n) is 12.1. The molecular weight excluding hydrogens is 290 g/mol. The van der Waals surface area contributed by atoms with Crippen LogP contribution in [0.5, 0.6) is 0 Å². The van der Waals surface area contributed by atoms with Gasteiger partial charge in [-0.25, -0.2) is 8.78 Å². The third-order valence-corrected chi connectivity index (χ3v) is 4.48. The molecule has 118 valence electrons. The van der Waals surface area contributed by atoms with Crippen molar-refractivity contribution in [3.63, 3.8) is 0 Å². The first-order valence-electron chi connectivity index (χ1n) is 7.60. The Morgan fingerprint density at radius 3 is 2.64 bits per heavy atom. The molecule has 0 aromatic heterocycles. The van der Waals surface area contributed by atoms with Gasteiger partial charge in [0.1, 0.15) is 11.6 Å². The molecule has 0 bridgehead atoms. The van der Waals surface area contributed by atoms with Crippen molar-refractivity contribution in [3.8, 4) is 0 Å². The zero-order chi connectivity index (χ0) is 15.7. The van der Waals surface area contributed by atoms with E-state index in [1.54, 1.807) is 4.90 Å². The number of rotatable bonds is 3. The van der Waals surface area contributed by atoms with Gasteiger partial charge < -0.3 is 10.2 Å². The maximum absolute atomic E-state index is 13.6. The average Bonchev–Trinajstić information content (AvgIpc) is 3.10. The van der Waals surface area contributed by atoms with Crippen LogP contribution in [0.25, 0.3) is 0 Å². The summed E-state index contributed by atoms with van der Waals surface area (Å²) >= 11 is 0. The van der Waals surface area contributed by atoms with Crippen molar-refractivity contribution in [2.45, 2.75) is 38.1 Å². The maximum Gasteiger partial charge on any atom is 0.229 e. The van der Waals surface area contributed by atoms with Gasteiger partial charge in [-0.1, -0.05) is 12.8 Å². The molecule has 0 radical (unpaired) electrons. The van der Waals surface area contributed by atoms with Crippen LogP contribution in [0.2, 0.25) is 0 Å². The highest BCUT2D eigenvalue weighted by Gasteiger charge is 2.38. The summed E-state index contributed by atoms with van der Waals surface area (Å²) in [5.74, 6) is -2.38. The Bertz CT molecular complexity index is 600.